The number of hydrogen-bond donors (Lipinski definition) is 1. The van der Waals surface area contributed by atoms with Gasteiger partial charge in [0.15, 0.2) is 12.6 Å². The topological polar surface area (TPSA) is 66.4 Å². The summed E-state index contributed by atoms with van der Waals surface area (Å²) in [6.45, 7) is 21.8. The van der Waals surface area contributed by atoms with E-state index in [1.807, 2.05) is 0 Å². The highest BCUT2D eigenvalue weighted by molar-refractivity contribution is 4.92. The first-order valence-electron chi connectivity index (χ1n) is 14.0. The van der Waals surface area contributed by atoms with Gasteiger partial charge >= 0.3 is 0 Å². The van der Waals surface area contributed by atoms with Crippen molar-refractivity contribution in [1.29, 1.82) is 0 Å². The van der Waals surface area contributed by atoms with Crippen LogP contribution in [-0.4, -0.2) is 60.4 Å². The first kappa shape index (κ1) is 28.3. The molecule has 3 saturated heterocycles. The van der Waals surface area contributed by atoms with Gasteiger partial charge in [0.1, 0.15) is 0 Å². The molecule has 200 valence electrons. The van der Waals surface area contributed by atoms with Gasteiger partial charge in [0.2, 0.25) is 0 Å². The molecular formula is C28H52O6. The fraction of sp³-hybridized carbons (Fsp3) is 1.00. The molecule has 0 amide bonds. The Balaban J connectivity index is 1.72. The maximum absolute atomic E-state index is 10.6. The van der Waals surface area contributed by atoms with Crippen LogP contribution < -0.4 is 0 Å². The Morgan fingerprint density at radius 1 is 0.529 bits per heavy atom. The van der Waals surface area contributed by atoms with Gasteiger partial charge in [0.05, 0.1) is 42.7 Å². The Morgan fingerprint density at radius 3 is 1.44 bits per heavy atom. The molecule has 0 saturated carbocycles. The summed E-state index contributed by atoms with van der Waals surface area (Å²) >= 11 is 0. The van der Waals surface area contributed by atoms with E-state index in [2.05, 4.69) is 69.2 Å². The molecule has 3 heterocycles. The van der Waals surface area contributed by atoms with E-state index in [1.54, 1.807) is 0 Å². The van der Waals surface area contributed by atoms with Crippen LogP contribution >= 0.6 is 0 Å². The molecule has 6 heteroatoms. The van der Waals surface area contributed by atoms with Crippen LogP contribution in [0.3, 0.4) is 0 Å². The quantitative estimate of drug-likeness (QED) is 0.522. The molecule has 3 aliphatic heterocycles. The standard InChI is InChI=1S/C28H52O6/c1-11-21-24(29)15(5)18(8)27(31-21)34-26-17(7)19(9)28(32-23(26)13-3)33-25-16(6)14(4)20(10)30-22(25)12-2/h14-29H,11-13H2,1-10H3/t14?,15?,16-,17?,18?,19?,20+,21-,22?,23-,24+,25-,26+,27-,28-/m1/s1. The summed E-state index contributed by atoms with van der Waals surface area (Å²) in [5.41, 5.74) is 0. The molecule has 3 aliphatic rings. The third-order valence-electron chi connectivity index (χ3n) is 9.57. The fourth-order valence-corrected chi connectivity index (χ4v) is 6.12. The van der Waals surface area contributed by atoms with Crippen LogP contribution in [0.15, 0.2) is 0 Å². The predicted octanol–water partition coefficient (Wildman–Crippen LogP) is 5.40. The molecular weight excluding hydrogens is 432 g/mol. The van der Waals surface area contributed by atoms with E-state index in [9.17, 15) is 5.11 Å². The summed E-state index contributed by atoms with van der Waals surface area (Å²) in [5.74, 6) is 1.51. The van der Waals surface area contributed by atoms with Gasteiger partial charge in [-0.05, 0) is 49.9 Å². The zero-order chi connectivity index (χ0) is 25.3. The number of ether oxygens (including phenoxy) is 5. The second-order valence-electron chi connectivity index (χ2n) is 11.5. The Hall–Kier alpha value is -0.240. The molecule has 0 aromatic heterocycles. The lowest BCUT2D eigenvalue weighted by Gasteiger charge is -2.50. The maximum Gasteiger partial charge on any atom is 0.161 e. The van der Waals surface area contributed by atoms with Gasteiger partial charge in [0.25, 0.3) is 0 Å². The van der Waals surface area contributed by atoms with E-state index in [0.29, 0.717) is 11.8 Å². The van der Waals surface area contributed by atoms with Crippen LogP contribution in [0.1, 0.15) is 88.5 Å². The molecule has 3 fully saturated rings. The molecule has 0 spiro atoms. The van der Waals surface area contributed by atoms with Gasteiger partial charge in [-0.1, -0.05) is 62.3 Å². The average Bonchev–Trinajstić information content (AvgIpc) is 2.83. The second-order valence-corrected chi connectivity index (χ2v) is 11.5. The zero-order valence-corrected chi connectivity index (χ0v) is 23.3. The summed E-state index contributed by atoms with van der Waals surface area (Å²) in [6, 6.07) is 0. The Bertz CT molecular complexity index is 624. The van der Waals surface area contributed by atoms with Crippen molar-refractivity contribution in [3.05, 3.63) is 0 Å². The van der Waals surface area contributed by atoms with Gasteiger partial charge < -0.3 is 28.8 Å². The number of aliphatic hydroxyl groups is 1. The third kappa shape index (κ3) is 5.52. The van der Waals surface area contributed by atoms with E-state index < -0.39 is 6.10 Å². The predicted molar refractivity (Wildman–Crippen MR) is 133 cm³/mol. The van der Waals surface area contributed by atoms with Crippen molar-refractivity contribution < 1.29 is 28.8 Å². The third-order valence-corrected chi connectivity index (χ3v) is 9.57. The number of rotatable bonds is 7. The van der Waals surface area contributed by atoms with Crippen molar-refractivity contribution in [2.24, 2.45) is 35.5 Å². The van der Waals surface area contributed by atoms with E-state index in [4.69, 9.17) is 23.7 Å². The van der Waals surface area contributed by atoms with E-state index in [1.165, 1.54) is 0 Å². The normalized spacial score (nSPS) is 52.5. The summed E-state index contributed by atoms with van der Waals surface area (Å²) in [4.78, 5) is 0. The SMILES string of the molecule is CCC1O[C@@H](C)C(C)[C@@H](C)[C@H]1O[C@H]1O[C@H](CC)[C@@H](O[C@H]2O[C@H](CC)[C@@H](O)C(C)C2C)C(C)C1C. The van der Waals surface area contributed by atoms with Gasteiger partial charge in [0, 0.05) is 11.8 Å². The summed E-state index contributed by atoms with van der Waals surface area (Å²) in [6.07, 6.45) is 1.53. The van der Waals surface area contributed by atoms with Crippen LogP contribution in [0.4, 0.5) is 0 Å². The van der Waals surface area contributed by atoms with Crippen molar-refractivity contribution >= 4 is 0 Å². The first-order valence-corrected chi connectivity index (χ1v) is 14.0. The lowest BCUT2D eigenvalue weighted by molar-refractivity contribution is -0.342. The lowest BCUT2D eigenvalue weighted by atomic mass is 9.80. The molecule has 6 unspecified atom stereocenters. The summed E-state index contributed by atoms with van der Waals surface area (Å²) in [5, 5.41) is 10.6. The van der Waals surface area contributed by atoms with Crippen molar-refractivity contribution in [2.75, 3.05) is 0 Å². The van der Waals surface area contributed by atoms with Gasteiger partial charge in [-0.25, -0.2) is 0 Å². The fourth-order valence-electron chi connectivity index (χ4n) is 6.12. The number of aliphatic hydroxyl groups excluding tert-OH is 1. The molecule has 6 nitrogen and oxygen atoms in total. The van der Waals surface area contributed by atoms with E-state index >= 15 is 0 Å². The lowest BCUT2D eigenvalue weighted by Crippen LogP contribution is -2.58. The Morgan fingerprint density at radius 2 is 0.941 bits per heavy atom. The van der Waals surface area contributed by atoms with Crippen molar-refractivity contribution in [3.8, 4) is 0 Å². The Labute approximate surface area is 208 Å². The Kier molecular flexibility index (Phi) is 9.89. The van der Waals surface area contributed by atoms with Crippen molar-refractivity contribution in [2.45, 2.75) is 144 Å². The van der Waals surface area contributed by atoms with Crippen LogP contribution in [-0.2, 0) is 23.7 Å². The minimum Gasteiger partial charge on any atom is -0.390 e. The molecule has 0 bridgehead atoms. The maximum atomic E-state index is 10.6. The monoisotopic (exact) mass is 484 g/mol. The highest BCUT2D eigenvalue weighted by Gasteiger charge is 2.49. The highest BCUT2D eigenvalue weighted by atomic mass is 16.7. The molecule has 0 radical (unpaired) electrons. The van der Waals surface area contributed by atoms with Crippen LogP contribution in [0.5, 0.6) is 0 Å². The van der Waals surface area contributed by atoms with Gasteiger partial charge in [-0.15, -0.1) is 0 Å². The molecule has 1 N–H and O–H groups in total. The van der Waals surface area contributed by atoms with Gasteiger partial charge in [-0.2, -0.15) is 0 Å². The summed E-state index contributed by atoms with van der Waals surface area (Å²) in [7, 11) is 0. The number of hydrogen-bond acceptors (Lipinski definition) is 6. The van der Waals surface area contributed by atoms with E-state index in [-0.39, 0.29) is 72.9 Å². The van der Waals surface area contributed by atoms with Crippen LogP contribution in [0.2, 0.25) is 0 Å². The van der Waals surface area contributed by atoms with Crippen molar-refractivity contribution in [1.82, 2.24) is 0 Å². The van der Waals surface area contributed by atoms with Crippen LogP contribution in [0, 0.1) is 35.5 Å². The minimum absolute atomic E-state index is 0.0279. The smallest absolute Gasteiger partial charge is 0.161 e. The molecule has 0 aromatic carbocycles. The average molecular weight is 485 g/mol. The molecule has 3 rings (SSSR count). The summed E-state index contributed by atoms with van der Waals surface area (Å²) < 4.78 is 32.6. The van der Waals surface area contributed by atoms with E-state index in [0.717, 1.165) is 19.3 Å². The van der Waals surface area contributed by atoms with Crippen molar-refractivity contribution in [3.63, 3.8) is 0 Å². The largest absolute Gasteiger partial charge is 0.390 e. The molecule has 15 atom stereocenters. The molecule has 34 heavy (non-hydrogen) atoms. The van der Waals surface area contributed by atoms with Crippen LogP contribution in [0.25, 0.3) is 0 Å². The zero-order valence-electron chi connectivity index (χ0n) is 23.3. The highest BCUT2D eigenvalue weighted by Crippen LogP contribution is 2.41. The molecule has 0 aromatic rings. The first-order chi connectivity index (χ1) is 16.0. The van der Waals surface area contributed by atoms with Gasteiger partial charge in [-0.3, -0.25) is 0 Å². The molecule has 0 aliphatic carbocycles. The minimum atomic E-state index is -0.449. The second kappa shape index (κ2) is 11.9.